The average Bonchev–Trinajstić information content (AvgIpc) is 3.30. The summed E-state index contributed by atoms with van der Waals surface area (Å²) in [6.07, 6.45) is 1.77. The fourth-order valence-electron chi connectivity index (χ4n) is 4.80. The Bertz CT molecular complexity index is 1910. The molecule has 2 heterocycles. The molecule has 0 saturated heterocycles. The van der Waals surface area contributed by atoms with Crippen LogP contribution in [-0.4, -0.2) is 31.4 Å². The lowest BCUT2D eigenvalue weighted by molar-refractivity contribution is -0.139. The number of carbonyl (C=O) groups is 1. The third-order valence-electron chi connectivity index (χ3n) is 6.84. The number of nitrogens with zero attached hydrogens (tertiary/aromatic N) is 2. The molecule has 0 fully saturated rings. The van der Waals surface area contributed by atoms with Gasteiger partial charge in [-0.3, -0.25) is 9.36 Å². The van der Waals surface area contributed by atoms with Gasteiger partial charge in [0.15, 0.2) is 16.3 Å². The number of para-hydroxylation sites is 1. The number of rotatable bonds is 9. The standard InChI is InChI=1S/C32H28Cl2N2O6S/c1-5-41-31(38)28-18(2)35-32-36(30(37)27(43-32)15-19-8-6-7-9-24(19)39-3)29(28)20-11-13-25(26(14-20)40-4)42-17-21-10-12-22(33)16-23(21)34/h6-16,29H,5,17H2,1-4H3/b27-15+. The minimum Gasteiger partial charge on any atom is -0.496 e. The molecular weight excluding hydrogens is 611 g/mol. The minimum atomic E-state index is -0.816. The van der Waals surface area contributed by atoms with Gasteiger partial charge in [0.05, 0.1) is 42.7 Å². The van der Waals surface area contributed by atoms with Crippen LogP contribution in [0.1, 0.15) is 36.6 Å². The highest BCUT2D eigenvalue weighted by Gasteiger charge is 2.34. The number of thiazole rings is 1. The number of esters is 1. The summed E-state index contributed by atoms with van der Waals surface area (Å²) in [6, 6.07) is 17.1. The van der Waals surface area contributed by atoms with E-state index >= 15 is 0 Å². The second kappa shape index (κ2) is 13.1. The second-order valence-electron chi connectivity index (χ2n) is 9.48. The van der Waals surface area contributed by atoms with E-state index in [0.717, 1.165) is 11.1 Å². The molecule has 11 heteroatoms. The zero-order valence-corrected chi connectivity index (χ0v) is 26.2. The monoisotopic (exact) mass is 638 g/mol. The van der Waals surface area contributed by atoms with Crippen molar-refractivity contribution in [3.63, 3.8) is 0 Å². The Morgan fingerprint density at radius 3 is 2.51 bits per heavy atom. The van der Waals surface area contributed by atoms with Gasteiger partial charge >= 0.3 is 5.97 Å². The molecule has 1 atom stereocenters. The maximum absolute atomic E-state index is 14.0. The first-order valence-corrected chi connectivity index (χ1v) is 14.9. The second-order valence-corrected chi connectivity index (χ2v) is 11.3. The van der Waals surface area contributed by atoms with Crippen LogP contribution in [-0.2, 0) is 16.1 Å². The van der Waals surface area contributed by atoms with Gasteiger partial charge in [-0.1, -0.05) is 64.9 Å². The first-order valence-electron chi connectivity index (χ1n) is 13.3. The lowest BCUT2D eigenvalue weighted by Crippen LogP contribution is -2.40. The van der Waals surface area contributed by atoms with Gasteiger partial charge < -0.3 is 18.9 Å². The van der Waals surface area contributed by atoms with Crippen LogP contribution >= 0.6 is 34.5 Å². The maximum Gasteiger partial charge on any atom is 0.338 e. The molecule has 0 spiro atoms. The molecule has 1 aliphatic heterocycles. The van der Waals surface area contributed by atoms with Crippen LogP contribution in [0.25, 0.3) is 6.08 Å². The van der Waals surface area contributed by atoms with E-state index in [-0.39, 0.29) is 24.3 Å². The smallest absolute Gasteiger partial charge is 0.338 e. The fourth-order valence-corrected chi connectivity index (χ4v) is 6.30. The van der Waals surface area contributed by atoms with Crippen molar-refractivity contribution in [1.29, 1.82) is 0 Å². The molecule has 1 aromatic heterocycles. The number of hydrogen-bond acceptors (Lipinski definition) is 8. The third-order valence-corrected chi connectivity index (χ3v) is 8.41. The van der Waals surface area contributed by atoms with Crippen molar-refractivity contribution in [2.24, 2.45) is 4.99 Å². The van der Waals surface area contributed by atoms with Gasteiger partial charge in [-0.25, -0.2) is 9.79 Å². The molecule has 222 valence electrons. The Balaban J connectivity index is 1.61. The van der Waals surface area contributed by atoms with Crippen LogP contribution in [0, 0.1) is 0 Å². The largest absolute Gasteiger partial charge is 0.496 e. The summed E-state index contributed by atoms with van der Waals surface area (Å²) in [6.45, 7) is 3.82. The summed E-state index contributed by atoms with van der Waals surface area (Å²) >= 11 is 13.6. The lowest BCUT2D eigenvalue weighted by Gasteiger charge is -2.25. The van der Waals surface area contributed by atoms with E-state index in [1.807, 2.05) is 24.3 Å². The van der Waals surface area contributed by atoms with Crippen molar-refractivity contribution in [3.8, 4) is 17.2 Å². The zero-order chi connectivity index (χ0) is 30.7. The number of carbonyl (C=O) groups excluding carboxylic acids is 1. The van der Waals surface area contributed by atoms with Crippen LogP contribution < -0.4 is 29.1 Å². The summed E-state index contributed by atoms with van der Waals surface area (Å²) in [7, 11) is 3.10. The molecule has 4 aromatic rings. The van der Waals surface area contributed by atoms with Gasteiger partial charge in [-0.15, -0.1) is 0 Å². The normalized spacial score (nSPS) is 14.7. The number of methoxy groups -OCH3 is 2. The summed E-state index contributed by atoms with van der Waals surface area (Å²) in [5.74, 6) is 0.953. The van der Waals surface area contributed by atoms with Crippen molar-refractivity contribution >= 4 is 46.6 Å². The average molecular weight is 640 g/mol. The topological polar surface area (TPSA) is 88.4 Å². The molecule has 3 aromatic carbocycles. The molecule has 0 amide bonds. The van der Waals surface area contributed by atoms with Gasteiger partial charge in [0.25, 0.3) is 5.56 Å². The summed E-state index contributed by atoms with van der Waals surface area (Å²) < 4.78 is 24.6. The SMILES string of the molecule is CCOC(=O)C1=C(C)N=c2s/c(=C/c3ccccc3OC)c(=O)n2C1c1ccc(OCc2ccc(Cl)cc2Cl)c(OC)c1. The van der Waals surface area contributed by atoms with Gasteiger partial charge in [-0.2, -0.15) is 0 Å². The van der Waals surface area contributed by atoms with Crippen molar-refractivity contribution in [1.82, 2.24) is 4.57 Å². The zero-order valence-electron chi connectivity index (χ0n) is 23.9. The number of fused-ring (bicyclic) bond motifs is 1. The van der Waals surface area contributed by atoms with Gasteiger partial charge in [0.1, 0.15) is 12.4 Å². The number of halogens is 2. The number of hydrogen-bond donors (Lipinski definition) is 0. The fraction of sp³-hybridized carbons (Fsp3) is 0.219. The Morgan fingerprint density at radius 2 is 1.79 bits per heavy atom. The van der Waals surface area contributed by atoms with Crippen molar-refractivity contribution in [3.05, 3.63) is 118 Å². The molecule has 1 unspecified atom stereocenters. The first-order chi connectivity index (χ1) is 20.7. The lowest BCUT2D eigenvalue weighted by atomic mass is 9.95. The number of ether oxygens (including phenoxy) is 4. The highest BCUT2D eigenvalue weighted by Crippen LogP contribution is 2.37. The molecule has 0 radical (unpaired) electrons. The predicted molar refractivity (Wildman–Crippen MR) is 167 cm³/mol. The molecular formula is C32H28Cl2N2O6S. The number of benzene rings is 3. The highest BCUT2D eigenvalue weighted by molar-refractivity contribution is 7.07. The van der Waals surface area contributed by atoms with E-state index in [4.69, 9.17) is 42.1 Å². The van der Waals surface area contributed by atoms with Crippen LogP contribution in [0.3, 0.4) is 0 Å². The molecule has 43 heavy (non-hydrogen) atoms. The van der Waals surface area contributed by atoms with E-state index < -0.39 is 12.0 Å². The summed E-state index contributed by atoms with van der Waals surface area (Å²) in [4.78, 5) is 32.3. The third kappa shape index (κ3) is 6.20. The Hall–Kier alpha value is -4.05. The van der Waals surface area contributed by atoms with Crippen LogP contribution in [0.5, 0.6) is 17.2 Å². The van der Waals surface area contributed by atoms with Crippen molar-refractivity contribution in [2.45, 2.75) is 26.5 Å². The van der Waals surface area contributed by atoms with Crippen LogP contribution in [0.15, 0.2) is 81.7 Å². The molecule has 8 nitrogen and oxygen atoms in total. The van der Waals surface area contributed by atoms with E-state index in [9.17, 15) is 9.59 Å². The van der Waals surface area contributed by atoms with Crippen molar-refractivity contribution < 1.29 is 23.7 Å². The Morgan fingerprint density at radius 1 is 1.02 bits per heavy atom. The predicted octanol–water partition coefficient (Wildman–Crippen LogP) is 5.70. The Kier molecular flexibility index (Phi) is 9.25. The molecule has 1 aliphatic rings. The maximum atomic E-state index is 14.0. The van der Waals surface area contributed by atoms with Crippen LogP contribution in [0.2, 0.25) is 10.0 Å². The summed E-state index contributed by atoms with van der Waals surface area (Å²) in [5.41, 5.74) is 2.55. The van der Waals surface area contributed by atoms with E-state index in [1.165, 1.54) is 23.0 Å². The number of allylic oxidation sites excluding steroid dienone is 1. The van der Waals surface area contributed by atoms with Gasteiger partial charge in [0.2, 0.25) is 0 Å². The molecule has 0 bridgehead atoms. The number of aromatic nitrogens is 1. The first kappa shape index (κ1) is 30.4. The highest BCUT2D eigenvalue weighted by atomic mass is 35.5. The molecule has 5 rings (SSSR count). The van der Waals surface area contributed by atoms with E-state index in [0.29, 0.717) is 47.9 Å². The summed E-state index contributed by atoms with van der Waals surface area (Å²) in [5, 5.41) is 1.01. The molecule has 0 saturated carbocycles. The quantitative estimate of drug-likeness (QED) is 0.219. The van der Waals surface area contributed by atoms with Crippen LogP contribution in [0.4, 0.5) is 0 Å². The minimum absolute atomic E-state index is 0.171. The molecule has 0 aliphatic carbocycles. The van der Waals surface area contributed by atoms with E-state index in [2.05, 4.69) is 4.99 Å². The van der Waals surface area contributed by atoms with Gasteiger partial charge in [-0.05, 0) is 55.8 Å². The van der Waals surface area contributed by atoms with Gasteiger partial charge in [0, 0.05) is 21.2 Å². The van der Waals surface area contributed by atoms with E-state index in [1.54, 1.807) is 63.4 Å². The molecule has 0 N–H and O–H groups in total. The van der Waals surface area contributed by atoms with Crippen molar-refractivity contribution in [2.75, 3.05) is 20.8 Å². The Labute approximate surface area is 262 Å².